The number of alkyl halides is 1. The van der Waals surface area contributed by atoms with Gasteiger partial charge in [-0.2, -0.15) is 0 Å². The molecule has 0 aromatic carbocycles. The van der Waals surface area contributed by atoms with Crippen molar-refractivity contribution in [3.05, 3.63) is 12.7 Å². The maximum absolute atomic E-state index is 11.2. The molecule has 0 aromatic rings. The third-order valence-corrected chi connectivity index (χ3v) is 4.04. The lowest BCUT2D eigenvalue weighted by Crippen LogP contribution is -2.55. The number of nitrogens with two attached hydrogens (primary N) is 2. The fourth-order valence-corrected chi connectivity index (χ4v) is 0.851. The van der Waals surface area contributed by atoms with Gasteiger partial charge in [0, 0.05) is 0 Å². The third kappa shape index (κ3) is 9.06. The van der Waals surface area contributed by atoms with E-state index >= 15 is 0 Å². The molecule has 0 saturated carbocycles. The van der Waals surface area contributed by atoms with Crippen molar-refractivity contribution in [3.8, 4) is 0 Å². The minimum absolute atomic E-state index is 0.113. The number of carbonyl (C=O) groups excluding carboxylic acids is 1. The number of ether oxygens (including phenoxy) is 1. The molecule has 118 valence electrons. The molecule has 0 fully saturated rings. The second-order valence-electron chi connectivity index (χ2n) is 5.35. The molecule has 0 rings (SSSR count). The lowest BCUT2D eigenvalue weighted by atomic mass is 9.92. The predicted molar refractivity (Wildman–Crippen MR) is 82.4 cm³/mol. The first-order chi connectivity index (χ1) is 8.90. The number of hydrogen-bond acceptors (Lipinski definition) is 5. The van der Waals surface area contributed by atoms with Crippen molar-refractivity contribution in [2.45, 2.75) is 44.6 Å². The summed E-state index contributed by atoms with van der Waals surface area (Å²) in [4.78, 5) is 21.0. The normalized spacial score (nSPS) is 12.8. The summed E-state index contributed by atoms with van der Waals surface area (Å²) in [5, 5.41) is 8.19. The smallest absolute Gasteiger partial charge is 0.338 e. The second-order valence-corrected chi connectivity index (χ2v) is 6.26. The predicted octanol–water partition coefficient (Wildman–Crippen LogP) is 1.62. The molecule has 0 bridgehead atoms. The van der Waals surface area contributed by atoms with Gasteiger partial charge < -0.3 is 21.3 Å². The van der Waals surface area contributed by atoms with Crippen molar-refractivity contribution in [3.63, 3.8) is 0 Å². The van der Waals surface area contributed by atoms with Crippen molar-refractivity contribution in [2.75, 3.05) is 6.61 Å². The highest BCUT2D eigenvalue weighted by atomic mass is 79.9. The van der Waals surface area contributed by atoms with E-state index in [9.17, 15) is 9.59 Å². The Kier molecular flexibility index (Phi) is 9.72. The Labute approximate surface area is 128 Å². The molecule has 0 aliphatic carbocycles. The Morgan fingerprint density at radius 1 is 1.40 bits per heavy atom. The fraction of sp³-hybridized carbons (Fsp3) is 0.692. The minimum atomic E-state index is -1.54. The van der Waals surface area contributed by atoms with Crippen LogP contribution in [0.15, 0.2) is 12.7 Å². The average molecular weight is 353 g/mol. The Hall–Kier alpha value is -0.920. The first kappa shape index (κ1) is 21.4. The van der Waals surface area contributed by atoms with Gasteiger partial charge in [-0.15, -0.1) is 0 Å². The van der Waals surface area contributed by atoms with Crippen LogP contribution in [0.3, 0.4) is 0 Å². The van der Waals surface area contributed by atoms with E-state index in [1.807, 2.05) is 20.8 Å². The Morgan fingerprint density at radius 2 is 1.85 bits per heavy atom. The number of aliphatic carboxylic acids is 1. The van der Waals surface area contributed by atoms with Crippen LogP contribution in [0.2, 0.25) is 0 Å². The number of carboxylic acids is 1. The van der Waals surface area contributed by atoms with Gasteiger partial charge in [0.05, 0.1) is 0 Å². The summed E-state index contributed by atoms with van der Waals surface area (Å²) in [6.45, 7) is 11.3. The highest BCUT2D eigenvalue weighted by Gasteiger charge is 2.29. The van der Waals surface area contributed by atoms with E-state index in [1.54, 1.807) is 13.0 Å². The number of esters is 1. The first-order valence-electron chi connectivity index (χ1n) is 6.12. The van der Waals surface area contributed by atoms with Gasteiger partial charge in [0.25, 0.3) is 0 Å². The third-order valence-electron chi connectivity index (χ3n) is 2.29. The van der Waals surface area contributed by atoms with Gasteiger partial charge in [-0.25, -0.2) is 4.79 Å². The van der Waals surface area contributed by atoms with Gasteiger partial charge in [0.15, 0.2) is 5.66 Å². The van der Waals surface area contributed by atoms with Crippen molar-refractivity contribution >= 4 is 27.9 Å². The molecule has 1 atom stereocenters. The van der Waals surface area contributed by atoms with E-state index in [0.29, 0.717) is 0 Å². The van der Waals surface area contributed by atoms with E-state index in [-0.39, 0.29) is 29.2 Å². The lowest BCUT2D eigenvalue weighted by Gasteiger charge is -2.23. The zero-order valence-corrected chi connectivity index (χ0v) is 14.1. The van der Waals surface area contributed by atoms with Gasteiger partial charge in [0.2, 0.25) is 0 Å². The number of carbonyl (C=O) groups is 2. The largest absolute Gasteiger partial charge is 0.479 e. The standard InChI is InChI=1S/C9H15BrO2.C4H10N2O2/c1-5-6-12-8(11)7(10)9(2,3)4;1-2-4(5,6)3(7)8/h5,7H,1,6H2,2-4H3;2,5-6H2,1H3,(H,7,8). The number of carboxylic acid groups (broad SMARTS) is 1. The maximum atomic E-state index is 11.2. The quantitative estimate of drug-likeness (QED) is 0.299. The van der Waals surface area contributed by atoms with Crippen molar-refractivity contribution < 1.29 is 19.4 Å². The molecule has 0 amide bonds. The summed E-state index contributed by atoms with van der Waals surface area (Å²) in [5.74, 6) is -1.40. The minimum Gasteiger partial charge on any atom is -0.479 e. The second kappa shape index (κ2) is 9.10. The molecule has 0 aromatic heterocycles. The molecule has 0 spiro atoms. The fourth-order valence-electron chi connectivity index (χ4n) is 0.719. The van der Waals surface area contributed by atoms with Crippen molar-refractivity contribution in [2.24, 2.45) is 16.9 Å². The molecule has 0 aliphatic heterocycles. The van der Waals surface area contributed by atoms with Crippen LogP contribution in [0, 0.1) is 5.41 Å². The molecule has 0 heterocycles. The van der Waals surface area contributed by atoms with E-state index in [4.69, 9.17) is 21.3 Å². The van der Waals surface area contributed by atoms with Gasteiger partial charge in [-0.05, 0) is 11.8 Å². The SMILES string of the molecule is C=CCOC(=O)C(Br)C(C)(C)C.CCC(N)(N)C(=O)O. The van der Waals surface area contributed by atoms with Crippen LogP contribution >= 0.6 is 15.9 Å². The van der Waals surface area contributed by atoms with Crippen LogP contribution in [-0.2, 0) is 14.3 Å². The maximum Gasteiger partial charge on any atom is 0.338 e. The number of rotatable bonds is 5. The van der Waals surface area contributed by atoms with E-state index in [2.05, 4.69) is 22.5 Å². The van der Waals surface area contributed by atoms with Crippen molar-refractivity contribution in [1.29, 1.82) is 0 Å². The monoisotopic (exact) mass is 352 g/mol. The molecular weight excluding hydrogens is 328 g/mol. The highest BCUT2D eigenvalue weighted by Crippen LogP contribution is 2.26. The molecule has 0 aliphatic rings. The van der Waals surface area contributed by atoms with Gasteiger partial charge in [-0.1, -0.05) is 56.3 Å². The summed E-state index contributed by atoms with van der Waals surface area (Å²) in [7, 11) is 0. The molecule has 20 heavy (non-hydrogen) atoms. The number of halogens is 1. The van der Waals surface area contributed by atoms with Gasteiger partial charge in [-0.3, -0.25) is 4.79 Å². The zero-order chi connectivity index (χ0) is 16.6. The molecule has 0 radical (unpaired) electrons. The molecular formula is C13H25BrN2O4. The summed E-state index contributed by atoms with van der Waals surface area (Å²) < 4.78 is 4.88. The van der Waals surface area contributed by atoms with E-state index in [1.165, 1.54) is 0 Å². The number of hydrogen-bond donors (Lipinski definition) is 3. The van der Waals surface area contributed by atoms with Crippen LogP contribution in [0.25, 0.3) is 0 Å². The van der Waals surface area contributed by atoms with Crippen LogP contribution in [0.4, 0.5) is 0 Å². The van der Waals surface area contributed by atoms with Crippen LogP contribution in [0.1, 0.15) is 34.1 Å². The van der Waals surface area contributed by atoms with E-state index in [0.717, 1.165) is 0 Å². The van der Waals surface area contributed by atoms with Gasteiger partial charge in [0.1, 0.15) is 11.4 Å². The topological polar surface area (TPSA) is 116 Å². The summed E-state index contributed by atoms with van der Waals surface area (Å²) in [6, 6.07) is 0. The summed E-state index contributed by atoms with van der Waals surface area (Å²) in [6.07, 6.45) is 1.79. The van der Waals surface area contributed by atoms with Crippen LogP contribution in [-0.4, -0.2) is 34.1 Å². The van der Waals surface area contributed by atoms with Crippen molar-refractivity contribution in [1.82, 2.24) is 0 Å². The lowest BCUT2D eigenvalue weighted by molar-refractivity contribution is -0.144. The zero-order valence-electron chi connectivity index (χ0n) is 12.5. The molecule has 5 N–H and O–H groups in total. The average Bonchev–Trinajstić information content (AvgIpc) is 2.34. The van der Waals surface area contributed by atoms with Crippen LogP contribution < -0.4 is 11.5 Å². The molecule has 0 saturated heterocycles. The summed E-state index contributed by atoms with van der Waals surface area (Å²) in [5.41, 5.74) is 8.42. The Bertz CT molecular complexity index is 338. The molecule has 1 unspecified atom stereocenters. The van der Waals surface area contributed by atoms with Gasteiger partial charge >= 0.3 is 11.9 Å². The first-order valence-corrected chi connectivity index (χ1v) is 7.04. The van der Waals surface area contributed by atoms with Crippen LogP contribution in [0.5, 0.6) is 0 Å². The summed E-state index contributed by atoms with van der Waals surface area (Å²) >= 11 is 3.29. The highest BCUT2D eigenvalue weighted by molar-refractivity contribution is 9.10. The molecule has 7 heteroatoms. The Balaban J connectivity index is 0. The van der Waals surface area contributed by atoms with E-state index < -0.39 is 11.6 Å². The Morgan fingerprint density at radius 3 is 2.05 bits per heavy atom. The molecule has 6 nitrogen and oxygen atoms in total.